The molecule has 2 rings (SSSR count). The molecule has 272 valence electrons. The van der Waals surface area contributed by atoms with Crippen LogP contribution in [0.4, 0.5) is 0 Å². The molecule has 0 bridgehead atoms. The number of benzene rings is 2. The van der Waals surface area contributed by atoms with E-state index in [1.54, 1.807) is 24.3 Å². The van der Waals surface area contributed by atoms with E-state index in [4.69, 9.17) is 4.74 Å². The van der Waals surface area contributed by atoms with Gasteiger partial charge in [0, 0.05) is 29.1 Å². The Morgan fingerprint density at radius 3 is 1.78 bits per heavy atom. The molecule has 0 saturated heterocycles. The maximum absolute atomic E-state index is 12.5. The van der Waals surface area contributed by atoms with Crippen LogP contribution in [0.1, 0.15) is 118 Å². The van der Waals surface area contributed by atoms with Crippen LogP contribution in [0.5, 0.6) is 0 Å². The molecule has 1 amide bonds. The average Bonchev–Trinajstić information content (AvgIpc) is 3.13. The highest BCUT2D eigenvalue weighted by atomic mass is 17.5. The summed E-state index contributed by atoms with van der Waals surface area (Å²) in [4.78, 5) is 44.5. The van der Waals surface area contributed by atoms with Crippen LogP contribution in [-0.2, 0) is 35.7 Å². The molecular formula is C40H59NO8. The second-order valence-electron chi connectivity index (χ2n) is 11.3. The van der Waals surface area contributed by atoms with Gasteiger partial charge in [-0.1, -0.05) is 152 Å². The first-order valence-electron chi connectivity index (χ1n) is 17.4. The lowest BCUT2D eigenvalue weighted by Gasteiger charge is -2.13. The molecule has 2 N–H and O–H groups in total. The maximum Gasteiger partial charge on any atom is 0.307 e. The van der Waals surface area contributed by atoms with Crippen molar-refractivity contribution >= 4 is 17.7 Å². The summed E-state index contributed by atoms with van der Waals surface area (Å²) in [6.45, 7) is 15.6. The minimum absolute atomic E-state index is 0.00424. The second-order valence-corrected chi connectivity index (χ2v) is 11.3. The SMILES string of the molecule is C=C.C=COOOC=C.CCCCCCCCCCCCCCC(CC(=O)NCCOCc1ccc(C(=O)c2ccccc2)cc1)C(=O)O. The quantitative estimate of drug-likeness (QED) is 0.0239. The highest BCUT2D eigenvalue weighted by molar-refractivity contribution is 6.08. The van der Waals surface area contributed by atoms with Crippen LogP contribution < -0.4 is 5.32 Å². The van der Waals surface area contributed by atoms with Gasteiger partial charge in [-0.2, -0.15) is 0 Å². The molecule has 0 aliphatic carbocycles. The van der Waals surface area contributed by atoms with E-state index in [9.17, 15) is 19.5 Å². The summed E-state index contributed by atoms with van der Waals surface area (Å²) >= 11 is 0. The first-order valence-corrected chi connectivity index (χ1v) is 17.4. The number of hydrogen-bond donors (Lipinski definition) is 2. The number of carbonyl (C=O) groups is 3. The van der Waals surface area contributed by atoms with Gasteiger partial charge in [0.25, 0.3) is 0 Å². The van der Waals surface area contributed by atoms with Gasteiger partial charge in [-0.05, 0) is 12.0 Å². The van der Waals surface area contributed by atoms with Crippen LogP contribution >= 0.6 is 0 Å². The van der Waals surface area contributed by atoms with Crippen LogP contribution in [0.25, 0.3) is 0 Å². The molecule has 0 saturated carbocycles. The number of rotatable bonds is 27. The van der Waals surface area contributed by atoms with Gasteiger partial charge < -0.3 is 24.9 Å². The lowest BCUT2D eigenvalue weighted by atomic mass is 9.96. The zero-order valence-corrected chi connectivity index (χ0v) is 29.6. The van der Waals surface area contributed by atoms with Crippen molar-refractivity contribution < 1.29 is 39.0 Å². The van der Waals surface area contributed by atoms with Crippen LogP contribution in [-0.4, -0.2) is 35.9 Å². The minimum Gasteiger partial charge on any atom is -0.481 e. The molecule has 2 aromatic rings. The van der Waals surface area contributed by atoms with Gasteiger partial charge in [-0.15, -0.1) is 13.2 Å². The first kappa shape index (κ1) is 44.8. The number of carboxylic acids is 1. The van der Waals surface area contributed by atoms with Crippen LogP contribution in [0.15, 0.2) is 93.4 Å². The molecule has 9 nitrogen and oxygen atoms in total. The summed E-state index contributed by atoms with van der Waals surface area (Å²) in [5.41, 5.74) is 2.21. The van der Waals surface area contributed by atoms with Gasteiger partial charge in [-0.3, -0.25) is 14.4 Å². The molecule has 0 radical (unpaired) electrons. The number of unbranched alkanes of at least 4 members (excludes halogenated alkanes) is 11. The molecule has 1 unspecified atom stereocenters. The zero-order chi connectivity index (χ0) is 36.4. The van der Waals surface area contributed by atoms with Crippen molar-refractivity contribution in [2.45, 2.75) is 103 Å². The summed E-state index contributed by atoms with van der Waals surface area (Å²) < 4.78 is 5.64. The van der Waals surface area contributed by atoms with Crippen molar-refractivity contribution in [1.82, 2.24) is 5.32 Å². The number of hydrogen-bond acceptors (Lipinski definition) is 7. The number of ether oxygens (including phenoxy) is 1. The van der Waals surface area contributed by atoms with Gasteiger partial charge >= 0.3 is 5.97 Å². The van der Waals surface area contributed by atoms with Gasteiger partial charge in [-0.25, -0.2) is 0 Å². The molecule has 0 aliphatic rings. The van der Waals surface area contributed by atoms with Crippen LogP contribution in [0, 0.1) is 5.92 Å². The Morgan fingerprint density at radius 1 is 0.755 bits per heavy atom. The largest absolute Gasteiger partial charge is 0.481 e. The van der Waals surface area contributed by atoms with Gasteiger partial charge in [0.05, 0.1) is 19.1 Å². The Bertz CT molecular complexity index is 1130. The van der Waals surface area contributed by atoms with E-state index < -0.39 is 11.9 Å². The Balaban J connectivity index is 0.00000227. The second kappa shape index (κ2) is 32.3. The summed E-state index contributed by atoms with van der Waals surface area (Å²) in [6.07, 6.45) is 17.6. The highest BCUT2D eigenvalue weighted by Gasteiger charge is 2.20. The molecular weight excluding hydrogens is 622 g/mol. The normalized spacial score (nSPS) is 10.6. The molecule has 0 spiro atoms. The Kier molecular flexibility index (Phi) is 29.6. The monoisotopic (exact) mass is 681 g/mol. The summed E-state index contributed by atoms with van der Waals surface area (Å²) in [6, 6.07) is 16.5. The fourth-order valence-electron chi connectivity index (χ4n) is 4.88. The van der Waals surface area contributed by atoms with E-state index >= 15 is 0 Å². The fourth-order valence-corrected chi connectivity index (χ4v) is 4.88. The van der Waals surface area contributed by atoms with Crippen molar-refractivity contribution in [3.63, 3.8) is 0 Å². The molecule has 0 aromatic heterocycles. The molecule has 9 heteroatoms. The lowest BCUT2D eigenvalue weighted by molar-refractivity contribution is -0.464. The highest BCUT2D eigenvalue weighted by Crippen LogP contribution is 2.17. The number of nitrogens with one attached hydrogen (secondary N) is 1. The van der Waals surface area contributed by atoms with E-state index in [2.05, 4.69) is 53.4 Å². The smallest absolute Gasteiger partial charge is 0.307 e. The van der Waals surface area contributed by atoms with E-state index in [1.165, 1.54) is 57.8 Å². The van der Waals surface area contributed by atoms with Crippen molar-refractivity contribution in [3.05, 3.63) is 110 Å². The maximum atomic E-state index is 12.5. The molecule has 0 aliphatic heterocycles. The topological polar surface area (TPSA) is 120 Å². The van der Waals surface area contributed by atoms with E-state index in [0.717, 1.165) is 37.4 Å². The fraction of sp³-hybridized carbons (Fsp3) is 0.475. The number of ketones is 1. The number of amides is 1. The lowest BCUT2D eigenvalue weighted by Crippen LogP contribution is -2.30. The first-order chi connectivity index (χ1) is 23.9. The molecule has 1 atom stereocenters. The van der Waals surface area contributed by atoms with Gasteiger partial charge in [0.15, 0.2) is 5.78 Å². The summed E-state index contributed by atoms with van der Waals surface area (Å²) in [5.74, 6) is -1.81. The van der Waals surface area contributed by atoms with Crippen LogP contribution in [0.2, 0.25) is 0 Å². The van der Waals surface area contributed by atoms with E-state index in [1.807, 2.05) is 30.3 Å². The van der Waals surface area contributed by atoms with Crippen LogP contribution in [0.3, 0.4) is 0 Å². The summed E-state index contributed by atoms with van der Waals surface area (Å²) in [7, 11) is 0. The number of carboxylic acid groups (broad SMARTS) is 1. The predicted molar refractivity (Wildman–Crippen MR) is 195 cm³/mol. The Hall–Kier alpha value is -4.21. The van der Waals surface area contributed by atoms with Crippen molar-refractivity contribution in [2.24, 2.45) is 5.92 Å². The summed E-state index contributed by atoms with van der Waals surface area (Å²) in [5, 5.41) is 16.2. The van der Waals surface area contributed by atoms with Gasteiger partial charge in [0.2, 0.25) is 5.91 Å². The Labute approximate surface area is 294 Å². The van der Waals surface area contributed by atoms with E-state index in [-0.39, 0.29) is 18.1 Å². The molecule has 49 heavy (non-hydrogen) atoms. The predicted octanol–water partition coefficient (Wildman–Crippen LogP) is 9.69. The average molecular weight is 682 g/mol. The standard InChI is InChI=1S/C34H49NO5.C4H6O3.C2H4/c1-2-3-4-5-6-7-8-9-10-11-12-14-19-31(34(38)39)26-32(36)35-24-25-40-27-28-20-22-30(23-21-28)33(37)29-17-15-13-16-18-29;1-3-5-7-6-4-2;1-2/h13,15-18,20-23,31H,2-12,14,19,24-27H2,1H3,(H,35,36)(H,38,39);3-4H,1-2H2;1-2H2. The number of aliphatic carboxylic acids is 1. The van der Waals surface area contributed by atoms with Crippen molar-refractivity contribution in [2.75, 3.05) is 13.2 Å². The molecule has 0 heterocycles. The van der Waals surface area contributed by atoms with Gasteiger partial charge in [0.1, 0.15) is 12.5 Å². The minimum atomic E-state index is -0.899. The molecule has 2 aromatic carbocycles. The van der Waals surface area contributed by atoms with E-state index in [0.29, 0.717) is 37.3 Å². The Morgan fingerprint density at radius 2 is 1.27 bits per heavy atom. The third-order valence-corrected chi connectivity index (χ3v) is 7.49. The third kappa shape index (κ3) is 24.6. The third-order valence-electron chi connectivity index (χ3n) is 7.49. The van der Waals surface area contributed by atoms with Crippen molar-refractivity contribution in [1.29, 1.82) is 0 Å². The zero-order valence-electron chi connectivity index (χ0n) is 29.6. The molecule has 0 fully saturated rings. The number of carbonyl (C=O) groups excluding carboxylic acids is 2. The van der Waals surface area contributed by atoms with Crippen molar-refractivity contribution in [3.8, 4) is 0 Å².